The molecule has 2 heterocycles. The number of carbonyl (C=O) groups excluding carboxylic acids is 3. The number of hydrogen-bond donors (Lipinski definition) is 2. The third kappa shape index (κ3) is 12.3. The van der Waals surface area contributed by atoms with Crippen molar-refractivity contribution < 1.29 is 23.9 Å². The van der Waals surface area contributed by atoms with Crippen molar-refractivity contribution in [2.75, 3.05) is 71.0 Å². The lowest BCUT2D eigenvalue weighted by molar-refractivity contribution is -0.138. The van der Waals surface area contributed by atoms with Crippen molar-refractivity contribution >= 4 is 34.2 Å². The molecule has 1 saturated heterocycles. The summed E-state index contributed by atoms with van der Waals surface area (Å²) >= 11 is 0. The van der Waals surface area contributed by atoms with E-state index in [0.29, 0.717) is 74.6 Å². The predicted molar refractivity (Wildman–Crippen MR) is 185 cm³/mol. The second-order valence-electron chi connectivity index (χ2n) is 11.8. The van der Waals surface area contributed by atoms with Crippen LogP contribution in [0.4, 0.5) is 5.69 Å². The zero-order valence-corrected chi connectivity index (χ0v) is 28.0. The molecule has 0 bridgehead atoms. The predicted octanol–water partition coefficient (Wildman–Crippen LogP) is 2.78. The Morgan fingerprint density at radius 2 is 1.65 bits per heavy atom. The summed E-state index contributed by atoms with van der Waals surface area (Å²) in [7, 11) is 1.58. The minimum Gasteiger partial charge on any atom is -0.377 e. The third-order valence-electron chi connectivity index (χ3n) is 8.12. The molecule has 0 radical (unpaired) electrons. The van der Waals surface area contributed by atoms with E-state index in [2.05, 4.69) is 30.7 Å². The Morgan fingerprint density at radius 3 is 2.41 bits per heavy atom. The SMILES string of the molecule is Cn1nc(CC(=O)Nc2ccc(CN3CCN(C(=O)COCCOCCNC(=O)CCCCCN=[N+]=[N-])CC3)cc2)c2ccccc2c1=O. The third-order valence-corrected chi connectivity index (χ3v) is 8.12. The summed E-state index contributed by atoms with van der Waals surface area (Å²) in [4.78, 5) is 56.4. The molecule has 49 heavy (non-hydrogen) atoms. The first-order valence-corrected chi connectivity index (χ1v) is 16.6. The van der Waals surface area contributed by atoms with E-state index >= 15 is 0 Å². The smallest absolute Gasteiger partial charge is 0.274 e. The van der Waals surface area contributed by atoms with E-state index in [9.17, 15) is 19.2 Å². The van der Waals surface area contributed by atoms with Crippen LogP contribution in [0.15, 0.2) is 58.4 Å². The number of hydrogen-bond acceptors (Lipinski definition) is 9. The van der Waals surface area contributed by atoms with Gasteiger partial charge in [0.1, 0.15) is 6.61 Å². The fraction of sp³-hybridized carbons (Fsp3) is 0.500. The molecule has 3 amide bonds. The number of ether oxygens (including phenoxy) is 2. The van der Waals surface area contributed by atoms with Crippen molar-refractivity contribution in [2.24, 2.45) is 12.2 Å². The van der Waals surface area contributed by atoms with E-state index in [1.807, 2.05) is 35.2 Å². The number of nitrogens with one attached hydrogen (secondary N) is 2. The maximum Gasteiger partial charge on any atom is 0.274 e. The Morgan fingerprint density at radius 1 is 0.918 bits per heavy atom. The molecule has 15 heteroatoms. The molecule has 1 aromatic heterocycles. The van der Waals surface area contributed by atoms with Crippen LogP contribution < -0.4 is 16.2 Å². The Labute approximate surface area is 285 Å². The molecule has 0 atom stereocenters. The van der Waals surface area contributed by atoms with Gasteiger partial charge in [0, 0.05) is 75.3 Å². The zero-order chi connectivity index (χ0) is 34.8. The van der Waals surface area contributed by atoms with Gasteiger partial charge in [-0.1, -0.05) is 41.9 Å². The second kappa shape index (κ2) is 19.9. The first kappa shape index (κ1) is 37.0. The maximum absolute atomic E-state index is 12.8. The van der Waals surface area contributed by atoms with Crippen molar-refractivity contribution in [3.05, 3.63) is 80.6 Å². The second-order valence-corrected chi connectivity index (χ2v) is 11.8. The number of anilines is 1. The molecule has 0 saturated carbocycles. The van der Waals surface area contributed by atoms with Gasteiger partial charge in [0.2, 0.25) is 17.7 Å². The molecule has 1 aliphatic heterocycles. The number of rotatable bonds is 19. The van der Waals surface area contributed by atoms with Gasteiger partial charge in [-0.3, -0.25) is 24.1 Å². The van der Waals surface area contributed by atoms with Crippen molar-refractivity contribution in [3.63, 3.8) is 0 Å². The number of nitrogens with zero attached hydrogens (tertiary/aromatic N) is 7. The number of azide groups is 1. The molecule has 1 aliphatic rings. The summed E-state index contributed by atoms with van der Waals surface area (Å²) in [6.45, 7) is 5.33. The van der Waals surface area contributed by atoms with E-state index in [-0.39, 0.29) is 36.3 Å². The summed E-state index contributed by atoms with van der Waals surface area (Å²) in [5.74, 6) is -0.296. The Kier molecular flexibility index (Phi) is 15.0. The highest BCUT2D eigenvalue weighted by molar-refractivity contribution is 5.95. The van der Waals surface area contributed by atoms with Gasteiger partial charge in [-0.25, -0.2) is 4.68 Å². The quantitative estimate of drug-likeness (QED) is 0.0841. The highest BCUT2D eigenvalue weighted by Crippen LogP contribution is 2.16. The highest BCUT2D eigenvalue weighted by Gasteiger charge is 2.21. The van der Waals surface area contributed by atoms with E-state index in [0.717, 1.165) is 44.5 Å². The average Bonchev–Trinajstić information content (AvgIpc) is 3.10. The Balaban J connectivity index is 1.05. The molecule has 2 aromatic carbocycles. The number of piperazine rings is 1. The number of carbonyl (C=O) groups is 3. The first-order valence-electron chi connectivity index (χ1n) is 16.6. The van der Waals surface area contributed by atoms with Gasteiger partial charge in [-0.05, 0) is 42.1 Å². The van der Waals surface area contributed by atoms with Crippen LogP contribution in [0.25, 0.3) is 21.2 Å². The first-order chi connectivity index (χ1) is 23.8. The van der Waals surface area contributed by atoms with Crippen molar-refractivity contribution in [2.45, 2.75) is 38.6 Å². The lowest BCUT2D eigenvalue weighted by Gasteiger charge is -2.34. The van der Waals surface area contributed by atoms with Crippen LogP contribution in [0, 0.1) is 0 Å². The summed E-state index contributed by atoms with van der Waals surface area (Å²) in [6.07, 6.45) is 2.85. The highest BCUT2D eigenvalue weighted by atomic mass is 16.5. The van der Waals surface area contributed by atoms with Crippen LogP contribution in [-0.2, 0) is 43.9 Å². The molecule has 0 unspecified atom stereocenters. The van der Waals surface area contributed by atoms with Crippen molar-refractivity contribution in [3.8, 4) is 0 Å². The van der Waals surface area contributed by atoms with Crippen LogP contribution in [0.2, 0.25) is 0 Å². The fourth-order valence-electron chi connectivity index (χ4n) is 5.48. The Bertz CT molecular complexity index is 1650. The summed E-state index contributed by atoms with van der Waals surface area (Å²) in [5, 5.41) is 14.7. The van der Waals surface area contributed by atoms with Gasteiger partial charge >= 0.3 is 0 Å². The largest absolute Gasteiger partial charge is 0.377 e. The molecule has 2 N–H and O–H groups in total. The summed E-state index contributed by atoms with van der Waals surface area (Å²) in [5.41, 5.74) is 10.4. The molecular formula is C34H45N9O6. The lowest BCUT2D eigenvalue weighted by Crippen LogP contribution is -2.49. The molecule has 262 valence electrons. The topological polar surface area (TPSA) is 184 Å². The number of aryl methyl sites for hydroxylation is 1. The van der Waals surface area contributed by atoms with Crippen LogP contribution in [-0.4, -0.2) is 103 Å². The van der Waals surface area contributed by atoms with E-state index in [1.165, 1.54) is 4.68 Å². The normalized spacial score (nSPS) is 13.2. The van der Waals surface area contributed by atoms with E-state index in [1.54, 1.807) is 25.2 Å². The van der Waals surface area contributed by atoms with Crippen LogP contribution in [0.1, 0.15) is 36.9 Å². The van der Waals surface area contributed by atoms with Crippen LogP contribution in [0.3, 0.4) is 0 Å². The summed E-state index contributed by atoms with van der Waals surface area (Å²) < 4.78 is 12.2. The molecule has 0 aliphatic carbocycles. The molecular weight excluding hydrogens is 630 g/mol. The monoisotopic (exact) mass is 675 g/mol. The molecule has 0 spiro atoms. The van der Waals surface area contributed by atoms with Gasteiger partial charge < -0.3 is 25.0 Å². The minimum atomic E-state index is -0.216. The van der Waals surface area contributed by atoms with Gasteiger partial charge in [0.05, 0.1) is 37.3 Å². The number of fused-ring (bicyclic) bond motifs is 1. The minimum absolute atomic E-state index is 0.00163. The van der Waals surface area contributed by atoms with Gasteiger partial charge in [-0.2, -0.15) is 5.10 Å². The van der Waals surface area contributed by atoms with Crippen LogP contribution >= 0.6 is 0 Å². The standard InChI is InChI=1S/C34H45N9O6/c1-41-34(47)29-8-5-4-7-28(29)30(39-41)23-32(45)38-27-12-10-26(11-13-27)24-42-16-18-43(19-17-42)33(46)25-49-22-21-48-20-15-36-31(44)9-3-2-6-14-37-40-35/h4-5,7-8,10-13H,2-3,6,9,14-25H2,1H3,(H,36,44)(H,38,45). The van der Waals surface area contributed by atoms with Crippen LogP contribution in [0.5, 0.6) is 0 Å². The van der Waals surface area contributed by atoms with Crippen molar-refractivity contribution in [1.29, 1.82) is 0 Å². The van der Waals surface area contributed by atoms with Gasteiger partial charge in [0.25, 0.3) is 5.56 Å². The van der Waals surface area contributed by atoms with E-state index < -0.39 is 0 Å². The maximum atomic E-state index is 12.8. The summed E-state index contributed by atoms with van der Waals surface area (Å²) in [6, 6.07) is 14.9. The van der Waals surface area contributed by atoms with Gasteiger partial charge in [-0.15, -0.1) is 0 Å². The average molecular weight is 676 g/mol. The molecule has 15 nitrogen and oxygen atoms in total. The fourth-order valence-corrected chi connectivity index (χ4v) is 5.48. The van der Waals surface area contributed by atoms with Crippen molar-refractivity contribution in [1.82, 2.24) is 24.9 Å². The molecule has 1 fully saturated rings. The zero-order valence-electron chi connectivity index (χ0n) is 28.0. The number of benzene rings is 2. The number of unbranched alkanes of at least 4 members (excludes halogenated alkanes) is 2. The Hall–Kier alpha value is -4.82. The molecule has 4 rings (SSSR count). The van der Waals surface area contributed by atoms with E-state index in [4.69, 9.17) is 15.0 Å². The molecule has 3 aromatic rings. The lowest BCUT2D eigenvalue weighted by atomic mass is 10.1. The van der Waals surface area contributed by atoms with Gasteiger partial charge in [0.15, 0.2) is 0 Å². The number of aromatic nitrogens is 2. The number of amides is 3.